The van der Waals surface area contributed by atoms with E-state index in [4.69, 9.17) is 4.42 Å². The first kappa shape index (κ1) is 29.6. The van der Waals surface area contributed by atoms with Crippen LogP contribution in [0.2, 0.25) is 0 Å². The fraction of sp³-hybridized carbons (Fsp3) is 0.0769. The van der Waals surface area contributed by atoms with Crippen LogP contribution in [0.3, 0.4) is 0 Å². The number of aryl methyl sites for hydroxylation is 1. The molecule has 0 unspecified atom stereocenters. The van der Waals surface area contributed by atoms with Crippen LogP contribution in [0.4, 0.5) is 41.6 Å². The Morgan fingerprint density at radius 3 is 1.65 bits per heavy atom. The second-order valence-electron chi connectivity index (χ2n) is 11.1. The molecule has 7 heteroatoms. The average Bonchev–Trinajstić information content (AvgIpc) is 3.44. The van der Waals surface area contributed by atoms with Gasteiger partial charge in [0.25, 0.3) is 0 Å². The number of alkyl halides is 3. The van der Waals surface area contributed by atoms with Crippen molar-refractivity contribution < 1.29 is 17.6 Å². The lowest BCUT2D eigenvalue weighted by Crippen LogP contribution is -2.10. The second kappa shape index (κ2) is 12.0. The van der Waals surface area contributed by atoms with E-state index in [0.717, 1.165) is 56.1 Å². The van der Waals surface area contributed by atoms with Crippen molar-refractivity contribution in [3.05, 3.63) is 151 Å². The minimum absolute atomic E-state index is 0.646. The maximum Gasteiger partial charge on any atom is 0.416 e. The first-order valence-electron chi connectivity index (χ1n) is 14.8. The van der Waals surface area contributed by atoms with E-state index in [1.807, 2.05) is 48.3 Å². The minimum atomic E-state index is -4.37. The molecule has 46 heavy (non-hydrogen) atoms. The SMILES string of the molecule is Cc1ccc(Sc2ccc(N(c3ccccc3)c3ccc4c(c3)oc3cc(N(C)c5ccc(C(F)(F)F)cc5)ccc34)cc2)cc1. The topological polar surface area (TPSA) is 19.6 Å². The third-order valence-electron chi connectivity index (χ3n) is 8.03. The van der Waals surface area contributed by atoms with Crippen LogP contribution in [0.1, 0.15) is 11.1 Å². The van der Waals surface area contributed by atoms with E-state index in [1.54, 1.807) is 11.8 Å². The molecule has 0 aliphatic rings. The number of fused-ring (bicyclic) bond motifs is 3. The Balaban J connectivity index is 1.21. The van der Waals surface area contributed by atoms with E-state index in [1.165, 1.54) is 22.6 Å². The molecule has 0 radical (unpaired) electrons. The number of hydrogen-bond donors (Lipinski definition) is 0. The van der Waals surface area contributed by atoms with Crippen molar-refractivity contribution in [1.82, 2.24) is 0 Å². The Morgan fingerprint density at radius 1 is 0.543 bits per heavy atom. The van der Waals surface area contributed by atoms with E-state index in [9.17, 15) is 13.2 Å². The van der Waals surface area contributed by atoms with Gasteiger partial charge in [-0.25, -0.2) is 0 Å². The quantitative estimate of drug-likeness (QED) is 0.174. The number of para-hydroxylation sites is 1. The molecule has 0 aliphatic carbocycles. The molecular weight excluding hydrogens is 602 g/mol. The van der Waals surface area contributed by atoms with Crippen LogP contribution in [-0.4, -0.2) is 7.05 Å². The third kappa shape index (κ3) is 5.94. The van der Waals surface area contributed by atoms with Crippen LogP contribution < -0.4 is 9.80 Å². The molecule has 0 fully saturated rings. The molecule has 7 rings (SSSR count). The molecule has 228 valence electrons. The van der Waals surface area contributed by atoms with Crippen molar-refractivity contribution >= 4 is 62.1 Å². The van der Waals surface area contributed by atoms with Crippen molar-refractivity contribution in [3.63, 3.8) is 0 Å². The van der Waals surface area contributed by atoms with Crippen LogP contribution in [0.15, 0.2) is 154 Å². The van der Waals surface area contributed by atoms with E-state index in [-0.39, 0.29) is 0 Å². The predicted octanol–water partition coefficient (Wildman–Crippen LogP) is 12.3. The Labute approximate surface area is 269 Å². The summed E-state index contributed by atoms with van der Waals surface area (Å²) in [5.74, 6) is 0. The van der Waals surface area contributed by atoms with Gasteiger partial charge in [-0.05, 0) is 104 Å². The van der Waals surface area contributed by atoms with E-state index in [2.05, 4.69) is 90.7 Å². The third-order valence-corrected chi connectivity index (χ3v) is 9.05. The van der Waals surface area contributed by atoms with Gasteiger partial charge in [0.1, 0.15) is 11.2 Å². The number of benzene rings is 6. The molecule has 0 amide bonds. The molecule has 0 atom stereocenters. The van der Waals surface area contributed by atoms with Gasteiger partial charge in [0, 0.05) is 68.2 Å². The summed E-state index contributed by atoms with van der Waals surface area (Å²) in [6.07, 6.45) is -4.37. The summed E-state index contributed by atoms with van der Waals surface area (Å²) >= 11 is 1.73. The summed E-state index contributed by atoms with van der Waals surface area (Å²) in [6, 6.07) is 44.6. The van der Waals surface area contributed by atoms with Gasteiger partial charge in [-0.3, -0.25) is 0 Å². The number of rotatable bonds is 7. The highest BCUT2D eigenvalue weighted by Crippen LogP contribution is 2.40. The molecular formula is C39H29F3N2OS. The second-order valence-corrected chi connectivity index (χ2v) is 12.3. The van der Waals surface area contributed by atoms with Gasteiger partial charge in [-0.15, -0.1) is 0 Å². The van der Waals surface area contributed by atoms with Gasteiger partial charge >= 0.3 is 6.18 Å². The molecule has 3 nitrogen and oxygen atoms in total. The minimum Gasteiger partial charge on any atom is -0.456 e. The van der Waals surface area contributed by atoms with Crippen LogP contribution >= 0.6 is 11.8 Å². The zero-order chi connectivity index (χ0) is 31.8. The Hall–Kier alpha value is -5.14. The van der Waals surface area contributed by atoms with Crippen LogP contribution in [-0.2, 0) is 6.18 Å². The van der Waals surface area contributed by atoms with Crippen molar-refractivity contribution in [2.75, 3.05) is 16.8 Å². The van der Waals surface area contributed by atoms with Gasteiger partial charge in [-0.1, -0.05) is 47.7 Å². The fourth-order valence-electron chi connectivity index (χ4n) is 5.56. The lowest BCUT2D eigenvalue weighted by atomic mass is 10.1. The van der Waals surface area contributed by atoms with Gasteiger partial charge < -0.3 is 14.2 Å². The lowest BCUT2D eigenvalue weighted by molar-refractivity contribution is -0.137. The van der Waals surface area contributed by atoms with Crippen LogP contribution in [0, 0.1) is 6.92 Å². The monoisotopic (exact) mass is 630 g/mol. The summed E-state index contributed by atoms with van der Waals surface area (Å²) < 4.78 is 45.6. The molecule has 0 spiro atoms. The van der Waals surface area contributed by atoms with Gasteiger partial charge in [-0.2, -0.15) is 13.2 Å². The lowest BCUT2D eigenvalue weighted by Gasteiger charge is -2.25. The Morgan fingerprint density at radius 2 is 1.04 bits per heavy atom. The van der Waals surface area contributed by atoms with Gasteiger partial charge in [0.2, 0.25) is 0 Å². The summed E-state index contributed by atoms with van der Waals surface area (Å²) in [5, 5.41) is 1.95. The normalized spacial score (nSPS) is 11.7. The molecule has 0 saturated carbocycles. The maximum absolute atomic E-state index is 13.1. The molecule has 0 aliphatic heterocycles. The van der Waals surface area contributed by atoms with Gasteiger partial charge in [0.05, 0.1) is 5.56 Å². The Kier molecular flexibility index (Phi) is 7.70. The van der Waals surface area contributed by atoms with Crippen LogP contribution in [0.5, 0.6) is 0 Å². The highest BCUT2D eigenvalue weighted by Gasteiger charge is 2.30. The molecule has 6 aromatic carbocycles. The largest absolute Gasteiger partial charge is 0.456 e. The molecule has 0 N–H and O–H groups in total. The summed E-state index contributed by atoms with van der Waals surface area (Å²) in [7, 11) is 1.83. The summed E-state index contributed by atoms with van der Waals surface area (Å²) in [5.41, 5.74) is 6.47. The van der Waals surface area contributed by atoms with E-state index < -0.39 is 11.7 Å². The van der Waals surface area contributed by atoms with E-state index in [0.29, 0.717) is 11.3 Å². The first-order valence-corrected chi connectivity index (χ1v) is 15.6. The van der Waals surface area contributed by atoms with Crippen molar-refractivity contribution in [3.8, 4) is 0 Å². The highest BCUT2D eigenvalue weighted by atomic mass is 32.2. The molecule has 1 aromatic heterocycles. The van der Waals surface area contributed by atoms with Crippen molar-refractivity contribution in [2.24, 2.45) is 0 Å². The number of anilines is 5. The zero-order valence-corrected chi connectivity index (χ0v) is 25.9. The smallest absolute Gasteiger partial charge is 0.416 e. The number of nitrogens with zero attached hydrogens (tertiary/aromatic N) is 2. The number of hydrogen-bond acceptors (Lipinski definition) is 4. The van der Waals surface area contributed by atoms with Crippen molar-refractivity contribution in [2.45, 2.75) is 22.9 Å². The zero-order valence-electron chi connectivity index (χ0n) is 25.1. The average molecular weight is 631 g/mol. The predicted molar refractivity (Wildman–Crippen MR) is 183 cm³/mol. The van der Waals surface area contributed by atoms with Crippen LogP contribution in [0.25, 0.3) is 21.9 Å². The molecule has 1 heterocycles. The maximum atomic E-state index is 13.1. The summed E-state index contributed by atoms with van der Waals surface area (Å²) in [4.78, 5) is 6.40. The highest BCUT2D eigenvalue weighted by molar-refractivity contribution is 7.99. The molecule has 0 bridgehead atoms. The Bertz CT molecular complexity index is 2120. The van der Waals surface area contributed by atoms with Crippen molar-refractivity contribution in [1.29, 1.82) is 0 Å². The first-order chi connectivity index (χ1) is 22.2. The number of halogens is 3. The summed E-state index contributed by atoms with van der Waals surface area (Å²) in [6.45, 7) is 2.09. The van der Waals surface area contributed by atoms with E-state index >= 15 is 0 Å². The fourth-order valence-corrected chi connectivity index (χ4v) is 6.37. The number of furan rings is 1. The molecule has 7 aromatic rings. The van der Waals surface area contributed by atoms with Gasteiger partial charge in [0.15, 0.2) is 0 Å². The molecule has 0 saturated heterocycles. The standard InChI is InChI=1S/C39H29F3N2OS/c1-26-8-18-33(19-9-26)46-34-20-14-30(15-21-34)44(29-6-4-3-5-7-29)32-17-23-36-35-22-16-31(24-37(35)45-38(36)25-32)43(2)28-12-10-27(11-13-28)39(40,41)42/h3-25H,1-2H3.